The van der Waals surface area contributed by atoms with Crippen molar-refractivity contribution in [2.75, 3.05) is 10.6 Å². The summed E-state index contributed by atoms with van der Waals surface area (Å²) in [4.78, 5) is 11.6. The predicted molar refractivity (Wildman–Crippen MR) is 82.9 cm³/mol. The average Bonchev–Trinajstić information content (AvgIpc) is 3.30. The molecule has 0 radical (unpaired) electrons. The maximum Gasteiger partial charge on any atom is 0.228 e. The molecule has 1 aromatic carbocycles. The first-order valence-electron chi connectivity index (χ1n) is 6.80. The molecular weight excluding hydrogens is 288 g/mol. The summed E-state index contributed by atoms with van der Waals surface area (Å²) in [5.41, 5.74) is 1.83. The Morgan fingerprint density at radius 2 is 1.90 bits per heavy atom. The Labute approximate surface area is 127 Å². The minimum absolute atomic E-state index is 0.0238. The normalized spacial score (nSPS) is 13.8. The van der Waals surface area contributed by atoms with E-state index in [0.29, 0.717) is 16.7 Å². The van der Waals surface area contributed by atoms with Gasteiger partial charge >= 0.3 is 0 Å². The molecule has 1 fully saturated rings. The second-order valence-electron chi connectivity index (χ2n) is 5.10. The number of hydrogen-bond acceptors (Lipinski definition) is 4. The molecule has 21 heavy (non-hydrogen) atoms. The molecule has 2 N–H and O–H groups in total. The molecule has 1 heterocycles. The molecule has 0 spiro atoms. The van der Waals surface area contributed by atoms with Crippen LogP contribution in [0.1, 0.15) is 18.4 Å². The molecule has 0 atom stereocenters. The summed E-state index contributed by atoms with van der Waals surface area (Å²) < 4.78 is 0. The van der Waals surface area contributed by atoms with Gasteiger partial charge in [-0.1, -0.05) is 17.7 Å². The first-order valence-corrected chi connectivity index (χ1v) is 7.18. The molecule has 0 bridgehead atoms. The number of aromatic nitrogens is 2. The van der Waals surface area contributed by atoms with E-state index in [0.717, 1.165) is 24.1 Å². The molecule has 108 valence electrons. The molecule has 3 rings (SSSR count). The summed E-state index contributed by atoms with van der Waals surface area (Å²) in [7, 11) is 0. The lowest BCUT2D eigenvalue weighted by Gasteiger charge is -2.10. The second kappa shape index (κ2) is 5.69. The third kappa shape index (κ3) is 3.31. The topological polar surface area (TPSA) is 66.9 Å². The Hall–Kier alpha value is -2.14. The van der Waals surface area contributed by atoms with Crippen molar-refractivity contribution in [1.82, 2.24) is 10.2 Å². The molecule has 0 unspecified atom stereocenters. The molecule has 1 aliphatic carbocycles. The van der Waals surface area contributed by atoms with Gasteiger partial charge < -0.3 is 10.6 Å². The van der Waals surface area contributed by atoms with Crippen LogP contribution in [0.3, 0.4) is 0 Å². The maximum absolute atomic E-state index is 11.6. The van der Waals surface area contributed by atoms with E-state index in [1.54, 1.807) is 12.1 Å². The largest absolute Gasteiger partial charge is 0.338 e. The van der Waals surface area contributed by atoms with Gasteiger partial charge in [0.1, 0.15) is 0 Å². The minimum atomic E-state index is 0.0238. The summed E-state index contributed by atoms with van der Waals surface area (Å²) in [6.07, 6.45) is 1.93. The van der Waals surface area contributed by atoms with E-state index >= 15 is 0 Å². The second-order valence-corrected chi connectivity index (χ2v) is 5.51. The summed E-state index contributed by atoms with van der Waals surface area (Å²) in [6, 6.07) is 9.14. The molecule has 2 aromatic rings. The lowest BCUT2D eigenvalue weighted by atomic mass is 10.2. The molecule has 0 aliphatic heterocycles. The number of rotatable bonds is 4. The van der Waals surface area contributed by atoms with E-state index in [4.69, 9.17) is 11.6 Å². The number of nitrogens with one attached hydrogen (secondary N) is 2. The number of carbonyl (C=O) groups is 1. The third-order valence-corrected chi connectivity index (χ3v) is 3.80. The fourth-order valence-electron chi connectivity index (χ4n) is 1.92. The summed E-state index contributed by atoms with van der Waals surface area (Å²) in [6.45, 7) is 1.93. The zero-order chi connectivity index (χ0) is 14.8. The van der Waals surface area contributed by atoms with Crippen molar-refractivity contribution in [2.24, 2.45) is 5.92 Å². The molecule has 1 aromatic heterocycles. The highest BCUT2D eigenvalue weighted by atomic mass is 35.5. The van der Waals surface area contributed by atoms with Crippen LogP contribution in [-0.2, 0) is 4.79 Å². The van der Waals surface area contributed by atoms with Crippen LogP contribution in [0.15, 0.2) is 30.3 Å². The van der Waals surface area contributed by atoms with Crippen LogP contribution >= 0.6 is 11.6 Å². The summed E-state index contributed by atoms with van der Waals surface area (Å²) >= 11 is 6.07. The van der Waals surface area contributed by atoms with Gasteiger partial charge in [0.25, 0.3) is 0 Å². The Bertz CT molecular complexity index is 668. The molecular formula is C15H15ClN4O. The van der Waals surface area contributed by atoms with Gasteiger partial charge in [-0.15, -0.1) is 10.2 Å². The van der Waals surface area contributed by atoms with Crippen molar-refractivity contribution >= 4 is 34.8 Å². The highest BCUT2D eigenvalue weighted by Crippen LogP contribution is 2.30. The minimum Gasteiger partial charge on any atom is -0.338 e. The van der Waals surface area contributed by atoms with Gasteiger partial charge in [-0.2, -0.15) is 0 Å². The summed E-state index contributed by atoms with van der Waals surface area (Å²) in [5.74, 6) is 1.25. The van der Waals surface area contributed by atoms with Gasteiger partial charge in [0, 0.05) is 16.6 Å². The number of carbonyl (C=O) groups excluding carboxylic acids is 1. The van der Waals surface area contributed by atoms with E-state index in [1.165, 1.54) is 0 Å². The van der Waals surface area contributed by atoms with Crippen LogP contribution in [0.2, 0.25) is 5.02 Å². The third-order valence-electron chi connectivity index (χ3n) is 3.39. The van der Waals surface area contributed by atoms with Crippen molar-refractivity contribution in [3.8, 4) is 0 Å². The van der Waals surface area contributed by atoms with Gasteiger partial charge in [0.2, 0.25) is 5.91 Å². The standard InChI is InChI=1S/C15H15ClN4O/c1-9-11(16)3-2-4-12(9)17-13-7-8-14(20-19-13)18-15(21)10-5-6-10/h2-4,7-8,10H,5-6H2,1H3,(H,17,19)(H,18,20,21). The van der Waals surface area contributed by atoms with Crippen LogP contribution in [0, 0.1) is 12.8 Å². The Morgan fingerprint density at radius 1 is 1.19 bits per heavy atom. The van der Waals surface area contributed by atoms with E-state index < -0.39 is 0 Å². The van der Waals surface area contributed by atoms with Crippen molar-refractivity contribution in [2.45, 2.75) is 19.8 Å². The Morgan fingerprint density at radius 3 is 2.57 bits per heavy atom. The van der Waals surface area contributed by atoms with Gasteiger partial charge in [-0.3, -0.25) is 4.79 Å². The monoisotopic (exact) mass is 302 g/mol. The van der Waals surface area contributed by atoms with Crippen LogP contribution in [0.4, 0.5) is 17.3 Å². The van der Waals surface area contributed by atoms with Gasteiger partial charge in [-0.05, 0) is 49.6 Å². The fourth-order valence-corrected chi connectivity index (χ4v) is 2.09. The van der Waals surface area contributed by atoms with E-state index in [-0.39, 0.29) is 11.8 Å². The molecule has 6 heteroatoms. The number of nitrogens with zero attached hydrogens (tertiary/aromatic N) is 2. The lowest BCUT2D eigenvalue weighted by Crippen LogP contribution is -2.14. The van der Waals surface area contributed by atoms with Crippen molar-refractivity contribution < 1.29 is 4.79 Å². The first-order chi connectivity index (χ1) is 10.1. The van der Waals surface area contributed by atoms with Crippen LogP contribution < -0.4 is 10.6 Å². The van der Waals surface area contributed by atoms with Crippen LogP contribution in [0.5, 0.6) is 0 Å². The number of amides is 1. The Balaban J connectivity index is 1.69. The molecule has 1 aliphatic rings. The van der Waals surface area contributed by atoms with Crippen LogP contribution in [0.25, 0.3) is 0 Å². The predicted octanol–water partition coefficient (Wildman–Crippen LogP) is 3.53. The maximum atomic E-state index is 11.6. The van der Waals surface area contributed by atoms with E-state index in [9.17, 15) is 4.79 Å². The van der Waals surface area contributed by atoms with Crippen molar-refractivity contribution in [1.29, 1.82) is 0 Å². The van der Waals surface area contributed by atoms with Gasteiger partial charge in [0.05, 0.1) is 0 Å². The average molecular weight is 303 g/mol. The number of anilines is 3. The molecule has 1 saturated carbocycles. The smallest absolute Gasteiger partial charge is 0.228 e. The zero-order valence-corrected chi connectivity index (χ0v) is 12.3. The number of halogens is 1. The molecule has 1 amide bonds. The van der Waals surface area contributed by atoms with Crippen LogP contribution in [-0.4, -0.2) is 16.1 Å². The molecule has 5 nitrogen and oxygen atoms in total. The first kappa shape index (κ1) is 13.8. The van der Waals surface area contributed by atoms with E-state index in [1.807, 2.05) is 25.1 Å². The fraction of sp³-hybridized carbons (Fsp3) is 0.267. The van der Waals surface area contributed by atoms with Gasteiger partial charge in [0.15, 0.2) is 11.6 Å². The summed E-state index contributed by atoms with van der Waals surface area (Å²) in [5, 5.41) is 14.7. The zero-order valence-electron chi connectivity index (χ0n) is 11.6. The van der Waals surface area contributed by atoms with Gasteiger partial charge in [-0.25, -0.2) is 0 Å². The molecule has 0 saturated heterocycles. The number of hydrogen-bond donors (Lipinski definition) is 2. The lowest BCUT2D eigenvalue weighted by molar-refractivity contribution is -0.117. The van der Waals surface area contributed by atoms with Crippen molar-refractivity contribution in [3.63, 3.8) is 0 Å². The highest BCUT2D eigenvalue weighted by molar-refractivity contribution is 6.31. The van der Waals surface area contributed by atoms with E-state index in [2.05, 4.69) is 20.8 Å². The number of benzene rings is 1. The SMILES string of the molecule is Cc1c(Cl)cccc1Nc1ccc(NC(=O)C2CC2)nn1. The quantitative estimate of drug-likeness (QED) is 0.906. The highest BCUT2D eigenvalue weighted by Gasteiger charge is 2.29. The Kier molecular flexibility index (Phi) is 3.75. The van der Waals surface area contributed by atoms with Crippen molar-refractivity contribution in [3.05, 3.63) is 40.9 Å².